The molecular formula is C12H12N2O2. The Kier molecular flexibility index (Phi) is 2.04. The summed E-state index contributed by atoms with van der Waals surface area (Å²) in [5.41, 5.74) is 1.40. The number of fused-ring (bicyclic) bond motifs is 1. The van der Waals surface area contributed by atoms with Crippen molar-refractivity contribution in [3.8, 4) is 0 Å². The fraction of sp³-hybridized carbons (Fsp3) is 0.333. The highest BCUT2D eigenvalue weighted by Crippen LogP contribution is 2.39. The van der Waals surface area contributed by atoms with Crippen molar-refractivity contribution in [3.05, 3.63) is 40.3 Å². The van der Waals surface area contributed by atoms with Gasteiger partial charge >= 0.3 is 0 Å². The van der Waals surface area contributed by atoms with Crippen molar-refractivity contribution in [2.45, 2.75) is 18.9 Å². The van der Waals surface area contributed by atoms with Gasteiger partial charge in [0.05, 0.1) is 11.0 Å². The standard InChI is InChI=1S/C12H12N2O2/c15-11(7-5-6-7)10-12(16)14-9-4-2-1-3-8(9)13-10/h1-4,7,11,15H,5-6H2,(H,14,16). The van der Waals surface area contributed by atoms with Gasteiger partial charge in [-0.15, -0.1) is 0 Å². The first-order valence-corrected chi connectivity index (χ1v) is 5.43. The number of aliphatic hydroxyl groups is 1. The number of aromatic amines is 1. The first kappa shape index (κ1) is 9.54. The molecule has 1 unspecified atom stereocenters. The van der Waals surface area contributed by atoms with Crippen LogP contribution in [-0.2, 0) is 0 Å². The third-order valence-electron chi connectivity index (χ3n) is 2.97. The van der Waals surface area contributed by atoms with E-state index < -0.39 is 6.10 Å². The molecule has 16 heavy (non-hydrogen) atoms. The van der Waals surface area contributed by atoms with Crippen LogP contribution in [0.3, 0.4) is 0 Å². The predicted octanol–water partition coefficient (Wildman–Crippen LogP) is 1.37. The molecule has 1 fully saturated rings. The predicted molar refractivity (Wildman–Crippen MR) is 60.0 cm³/mol. The number of aliphatic hydroxyl groups excluding tert-OH is 1. The molecule has 0 radical (unpaired) electrons. The monoisotopic (exact) mass is 216 g/mol. The summed E-state index contributed by atoms with van der Waals surface area (Å²) < 4.78 is 0. The molecule has 1 saturated carbocycles. The maximum absolute atomic E-state index is 11.7. The van der Waals surface area contributed by atoms with Crippen LogP contribution in [0.2, 0.25) is 0 Å². The number of hydrogen-bond donors (Lipinski definition) is 2. The van der Waals surface area contributed by atoms with Crippen LogP contribution in [0.15, 0.2) is 29.1 Å². The first-order chi connectivity index (χ1) is 7.75. The molecule has 0 amide bonds. The van der Waals surface area contributed by atoms with Gasteiger partial charge in [0.25, 0.3) is 5.56 Å². The molecule has 0 bridgehead atoms. The average molecular weight is 216 g/mol. The molecule has 3 rings (SSSR count). The van der Waals surface area contributed by atoms with Gasteiger partial charge in [0.1, 0.15) is 11.8 Å². The Morgan fingerprint density at radius 3 is 2.88 bits per heavy atom. The minimum absolute atomic E-state index is 0.217. The number of aromatic nitrogens is 2. The Labute approximate surface area is 92.0 Å². The van der Waals surface area contributed by atoms with E-state index in [0.717, 1.165) is 18.4 Å². The molecule has 1 aromatic heterocycles. The van der Waals surface area contributed by atoms with Crippen molar-refractivity contribution in [2.75, 3.05) is 0 Å². The molecule has 1 aliphatic rings. The van der Waals surface area contributed by atoms with Crippen molar-refractivity contribution in [1.29, 1.82) is 0 Å². The minimum atomic E-state index is -0.714. The Morgan fingerprint density at radius 2 is 2.12 bits per heavy atom. The Balaban J connectivity index is 2.17. The minimum Gasteiger partial charge on any atom is -0.386 e. The largest absolute Gasteiger partial charge is 0.386 e. The zero-order chi connectivity index (χ0) is 11.1. The zero-order valence-corrected chi connectivity index (χ0v) is 8.68. The maximum Gasteiger partial charge on any atom is 0.272 e. The second kappa shape index (κ2) is 3.42. The Bertz CT molecular complexity index is 587. The quantitative estimate of drug-likeness (QED) is 0.796. The number of nitrogens with one attached hydrogen (secondary N) is 1. The van der Waals surface area contributed by atoms with Gasteiger partial charge < -0.3 is 10.1 Å². The van der Waals surface area contributed by atoms with E-state index in [2.05, 4.69) is 9.97 Å². The number of benzene rings is 1. The number of hydrogen-bond acceptors (Lipinski definition) is 3. The van der Waals surface area contributed by atoms with Crippen LogP contribution in [0, 0.1) is 5.92 Å². The van der Waals surface area contributed by atoms with Crippen LogP contribution in [0.4, 0.5) is 0 Å². The van der Waals surface area contributed by atoms with Gasteiger partial charge in [-0.25, -0.2) is 4.98 Å². The molecule has 1 aromatic carbocycles. The molecular weight excluding hydrogens is 204 g/mol. The van der Waals surface area contributed by atoms with E-state index in [4.69, 9.17) is 0 Å². The van der Waals surface area contributed by atoms with Gasteiger partial charge in [0.15, 0.2) is 0 Å². The second-order valence-corrected chi connectivity index (χ2v) is 4.25. The van der Waals surface area contributed by atoms with Crippen molar-refractivity contribution in [3.63, 3.8) is 0 Å². The van der Waals surface area contributed by atoms with Crippen LogP contribution in [0.25, 0.3) is 11.0 Å². The number of H-pyrrole nitrogens is 1. The van der Waals surface area contributed by atoms with E-state index >= 15 is 0 Å². The molecule has 1 atom stereocenters. The van der Waals surface area contributed by atoms with E-state index in [1.807, 2.05) is 18.2 Å². The van der Waals surface area contributed by atoms with Crippen molar-refractivity contribution < 1.29 is 5.11 Å². The lowest BCUT2D eigenvalue weighted by molar-refractivity contribution is 0.148. The highest BCUT2D eigenvalue weighted by atomic mass is 16.3. The van der Waals surface area contributed by atoms with Crippen LogP contribution in [0.1, 0.15) is 24.6 Å². The fourth-order valence-corrected chi connectivity index (χ4v) is 1.88. The molecule has 2 N–H and O–H groups in total. The molecule has 0 aliphatic heterocycles. The van der Waals surface area contributed by atoms with Crippen LogP contribution in [-0.4, -0.2) is 15.1 Å². The fourth-order valence-electron chi connectivity index (χ4n) is 1.88. The van der Waals surface area contributed by atoms with Crippen molar-refractivity contribution in [2.24, 2.45) is 5.92 Å². The van der Waals surface area contributed by atoms with Crippen molar-refractivity contribution >= 4 is 11.0 Å². The molecule has 0 spiro atoms. The molecule has 4 heteroatoms. The van der Waals surface area contributed by atoms with Crippen molar-refractivity contribution in [1.82, 2.24) is 9.97 Å². The van der Waals surface area contributed by atoms with Crippen LogP contribution >= 0.6 is 0 Å². The summed E-state index contributed by atoms with van der Waals surface area (Å²) in [6.45, 7) is 0. The molecule has 4 nitrogen and oxygen atoms in total. The van der Waals surface area contributed by atoms with E-state index in [9.17, 15) is 9.90 Å². The third-order valence-corrected chi connectivity index (χ3v) is 2.97. The Hall–Kier alpha value is -1.68. The summed E-state index contributed by atoms with van der Waals surface area (Å²) in [6.07, 6.45) is 1.25. The molecule has 0 saturated heterocycles. The molecule has 1 aliphatic carbocycles. The summed E-state index contributed by atoms with van der Waals surface area (Å²) in [6, 6.07) is 7.34. The third kappa shape index (κ3) is 1.51. The second-order valence-electron chi connectivity index (χ2n) is 4.25. The van der Waals surface area contributed by atoms with Crippen LogP contribution in [0.5, 0.6) is 0 Å². The summed E-state index contributed by atoms with van der Waals surface area (Å²) in [5, 5.41) is 9.92. The Morgan fingerprint density at radius 1 is 1.38 bits per heavy atom. The molecule has 1 heterocycles. The number of para-hydroxylation sites is 2. The smallest absolute Gasteiger partial charge is 0.272 e. The number of nitrogens with zero attached hydrogens (tertiary/aromatic N) is 1. The van der Waals surface area contributed by atoms with Gasteiger partial charge in [-0.3, -0.25) is 4.79 Å². The zero-order valence-electron chi connectivity index (χ0n) is 8.68. The van der Waals surface area contributed by atoms with Gasteiger partial charge in [-0.2, -0.15) is 0 Å². The van der Waals surface area contributed by atoms with E-state index in [1.165, 1.54) is 0 Å². The topological polar surface area (TPSA) is 66.0 Å². The molecule has 82 valence electrons. The summed E-state index contributed by atoms with van der Waals surface area (Å²) in [4.78, 5) is 18.7. The first-order valence-electron chi connectivity index (χ1n) is 5.43. The van der Waals surface area contributed by atoms with E-state index in [-0.39, 0.29) is 17.2 Å². The molecule has 2 aromatic rings. The highest BCUT2D eigenvalue weighted by Gasteiger charge is 2.33. The lowest BCUT2D eigenvalue weighted by Gasteiger charge is -2.08. The average Bonchev–Trinajstić information content (AvgIpc) is 3.11. The summed E-state index contributed by atoms with van der Waals surface area (Å²) in [5.74, 6) is 0.217. The van der Waals surface area contributed by atoms with E-state index in [0.29, 0.717) is 5.52 Å². The summed E-state index contributed by atoms with van der Waals surface area (Å²) >= 11 is 0. The normalized spacial score (nSPS) is 17.6. The van der Waals surface area contributed by atoms with Gasteiger partial charge in [-0.05, 0) is 30.9 Å². The SMILES string of the molecule is O=c1[nH]c2ccccc2nc1C(O)C1CC1. The van der Waals surface area contributed by atoms with Gasteiger partial charge in [-0.1, -0.05) is 12.1 Å². The maximum atomic E-state index is 11.7. The van der Waals surface area contributed by atoms with Gasteiger partial charge in [0.2, 0.25) is 0 Å². The number of rotatable bonds is 2. The van der Waals surface area contributed by atoms with Gasteiger partial charge in [0, 0.05) is 0 Å². The summed E-state index contributed by atoms with van der Waals surface area (Å²) in [7, 11) is 0. The van der Waals surface area contributed by atoms with Crippen LogP contribution < -0.4 is 5.56 Å². The lowest BCUT2D eigenvalue weighted by atomic mass is 10.1. The highest BCUT2D eigenvalue weighted by molar-refractivity contribution is 5.73. The van der Waals surface area contributed by atoms with E-state index in [1.54, 1.807) is 6.07 Å². The lowest BCUT2D eigenvalue weighted by Crippen LogP contribution is -2.19.